The highest BCUT2D eigenvalue weighted by atomic mass is 16.1. The van der Waals surface area contributed by atoms with E-state index in [1.807, 2.05) is 6.92 Å². The molecule has 114 valence electrons. The predicted octanol–water partition coefficient (Wildman–Crippen LogP) is 0.723. The second-order valence-corrected chi connectivity index (χ2v) is 6.98. The summed E-state index contributed by atoms with van der Waals surface area (Å²) in [5, 5.41) is 3.47. The SMILES string of the molecule is Cc1nc(C2CCN(CC3[C@H]4CNC[C@@H]34)CC2)cc(=O)[nH]1. The van der Waals surface area contributed by atoms with Gasteiger partial charge in [0.15, 0.2) is 0 Å². The molecule has 0 spiro atoms. The molecule has 5 heteroatoms. The van der Waals surface area contributed by atoms with Crippen molar-refractivity contribution in [2.45, 2.75) is 25.7 Å². The molecular weight excluding hydrogens is 264 g/mol. The molecule has 21 heavy (non-hydrogen) atoms. The van der Waals surface area contributed by atoms with Crippen LogP contribution in [0.15, 0.2) is 10.9 Å². The summed E-state index contributed by atoms with van der Waals surface area (Å²) >= 11 is 0. The quantitative estimate of drug-likeness (QED) is 0.860. The molecule has 3 fully saturated rings. The number of aromatic nitrogens is 2. The van der Waals surface area contributed by atoms with Gasteiger partial charge in [-0.1, -0.05) is 0 Å². The van der Waals surface area contributed by atoms with Crippen LogP contribution in [0.25, 0.3) is 0 Å². The highest BCUT2D eigenvalue weighted by Gasteiger charge is 2.52. The fraction of sp³-hybridized carbons (Fsp3) is 0.750. The van der Waals surface area contributed by atoms with Gasteiger partial charge in [-0.3, -0.25) is 4.79 Å². The van der Waals surface area contributed by atoms with E-state index in [9.17, 15) is 4.79 Å². The number of nitrogens with one attached hydrogen (secondary N) is 2. The van der Waals surface area contributed by atoms with Gasteiger partial charge in [-0.15, -0.1) is 0 Å². The van der Waals surface area contributed by atoms with Gasteiger partial charge >= 0.3 is 0 Å². The molecule has 0 bridgehead atoms. The Bertz CT molecular complexity index is 566. The van der Waals surface area contributed by atoms with Crippen LogP contribution < -0.4 is 10.9 Å². The van der Waals surface area contributed by atoms with Crippen molar-refractivity contribution in [1.82, 2.24) is 20.2 Å². The lowest BCUT2D eigenvalue weighted by atomic mass is 9.93. The van der Waals surface area contributed by atoms with Crippen molar-refractivity contribution >= 4 is 0 Å². The van der Waals surface area contributed by atoms with Crippen LogP contribution >= 0.6 is 0 Å². The van der Waals surface area contributed by atoms with E-state index in [0.717, 1.165) is 55.2 Å². The summed E-state index contributed by atoms with van der Waals surface area (Å²) in [7, 11) is 0. The average Bonchev–Trinajstić information content (AvgIpc) is 2.90. The molecule has 3 heterocycles. The van der Waals surface area contributed by atoms with Gasteiger partial charge in [0.25, 0.3) is 5.56 Å². The van der Waals surface area contributed by atoms with Crippen molar-refractivity contribution in [2.24, 2.45) is 17.8 Å². The molecule has 4 rings (SSSR count). The number of H-pyrrole nitrogens is 1. The van der Waals surface area contributed by atoms with Gasteiger partial charge in [0, 0.05) is 18.5 Å². The van der Waals surface area contributed by atoms with Crippen LogP contribution in [0.3, 0.4) is 0 Å². The van der Waals surface area contributed by atoms with Gasteiger partial charge in [-0.05, 0) is 63.7 Å². The Labute approximate surface area is 125 Å². The van der Waals surface area contributed by atoms with E-state index >= 15 is 0 Å². The van der Waals surface area contributed by atoms with Crippen LogP contribution in [0, 0.1) is 24.7 Å². The molecule has 3 aliphatic rings. The van der Waals surface area contributed by atoms with Gasteiger partial charge in [-0.25, -0.2) is 4.98 Å². The molecule has 2 aliphatic heterocycles. The van der Waals surface area contributed by atoms with E-state index in [0.29, 0.717) is 5.92 Å². The number of aromatic amines is 1. The Morgan fingerprint density at radius 1 is 1.29 bits per heavy atom. The molecule has 2 N–H and O–H groups in total. The molecular formula is C16H24N4O. The Hall–Kier alpha value is -1.20. The van der Waals surface area contributed by atoms with E-state index in [2.05, 4.69) is 20.2 Å². The molecule has 2 saturated heterocycles. The number of nitrogens with zero attached hydrogens (tertiary/aromatic N) is 2. The van der Waals surface area contributed by atoms with Crippen molar-refractivity contribution in [1.29, 1.82) is 0 Å². The van der Waals surface area contributed by atoms with Gasteiger partial charge in [0.2, 0.25) is 0 Å². The molecule has 0 amide bonds. The topological polar surface area (TPSA) is 61.0 Å². The third-order valence-corrected chi connectivity index (χ3v) is 5.62. The number of fused-ring (bicyclic) bond motifs is 1. The first-order chi connectivity index (χ1) is 10.2. The van der Waals surface area contributed by atoms with Crippen molar-refractivity contribution in [3.05, 3.63) is 27.9 Å². The first kappa shape index (κ1) is 13.5. The van der Waals surface area contributed by atoms with Crippen LogP contribution in [0.4, 0.5) is 0 Å². The molecule has 1 saturated carbocycles. The second-order valence-electron chi connectivity index (χ2n) is 6.98. The monoisotopic (exact) mass is 288 g/mol. The van der Waals surface area contributed by atoms with Crippen LogP contribution in [-0.2, 0) is 0 Å². The van der Waals surface area contributed by atoms with E-state index < -0.39 is 0 Å². The zero-order valence-corrected chi connectivity index (χ0v) is 12.6. The number of hydrogen-bond acceptors (Lipinski definition) is 4. The summed E-state index contributed by atoms with van der Waals surface area (Å²) in [4.78, 5) is 21.4. The van der Waals surface area contributed by atoms with Crippen molar-refractivity contribution in [2.75, 3.05) is 32.7 Å². The van der Waals surface area contributed by atoms with E-state index in [1.54, 1.807) is 6.07 Å². The smallest absolute Gasteiger partial charge is 0.251 e. The fourth-order valence-corrected chi connectivity index (χ4v) is 4.34. The summed E-state index contributed by atoms with van der Waals surface area (Å²) in [5.74, 6) is 4.06. The Morgan fingerprint density at radius 2 is 2.00 bits per heavy atom. The minimum atomic E-state index is -0.0155. The Balaban J connectivity index is 1.33. The standard InChI is InChI=1S/C16H24N4O/c1-10-18-15(6-16(21)19-10)11-2-4-20(5-3-11)9-14-12-7-17-8-13(12)14/h6,11-14,17H,2-5,7-9H2,1H3,(H,18,19,21)/t12-,13+,14?. The summed E-state index contributed by atoms with van der Waals surface area (Å²) < 4.78 is 0. The van der Waals surface area contributed by atoms with Gasteiger partial charge in [0.1, 0.15) is 5.82 Å². The van der Waals surface area contributed by atoms with E-state index in [4.69, 9.17) is 0 Å². The van der Waals surface area contributed by atoms with Crippen LogP contribution in [0.1, 0.15) is 30.3 Å². The van der Waals surface area contributed by atoms with Gasteiger partial charge < -0.3 is 15.2 Å². The summed E-state index contributed by atoms with van der Waals surface area (Å²) in [6, 6.07) is 1.68. The minimum Gasteiger partial charge on any atom is -0.316 e. The number of rotatable bonds is 3. The van der Waals surface area contributed by atoms with Gasteiger partial charge in [0.05, 0.1) is 5.69 Å². The normalized spacial score (nSPS) is 33.1. The second kappa shape index (κ2) is 5.21. The lowest BCUT2D eigenvalue weighted by Crippen LogP contribution is -2.36. The Kier molecular flexibility index (Phi) is 3.34. The predicted molar refractivity (Wildman–Crippen MR) is 81.3 cm³/mol. The highest BCUT2D eigenvalue weighted by molar-refractivity contribution is 5.10. The molecule has 1 aromatic rings. The average molecular weight is 288 g/mol. The first-order valence-electron chi connectivity index (χ1n) is 8.21. The van der Waals surface area contributed by atoms with E-state index in [-0.39, 0.29) is 5.56 Å². The molecule has 1 aliphatic carbocycles. The number of likely N-dealkylation sites (tertiary alicyclic amines) is 1. The number of piperidine rings is 2. The van der Waals surface area contributed by atoms with Gasteiger partial charge in [-0.2, -0.15) is 0 Å². The van der Waals surface area contributed by atoms with Crippen molar-refractivity contribution in [3.63, 3.8) is 0 Å². The lowest BCUT2D eigenvalue weighted by Gasteiger charge is -2.32. The van der Waals surface area contributed by atoms with E-state index in [1.165, 1.54) is 19.6 Å². The van der Waals surface area contributed by atoms with Crippen LogP contribution in [0.2, 0.25) is 0 Å². The summed E-state index contributed by atoms with van der Waals surface area (Å²) in [6.45, 7) is 7.93. The maximum Gasteiger partial charge on any atom is 0.251 e. The fourth-order valence-electron chi connectivity index (χ4n) is 4.34. The zero-order valence-electron chi connectivity index (χ0n) is 12.6. The third-order valence-electron chi connectivity index (χ3n) is 5.62. The Morgan fingerprint density at radius 3 is 2.67 bits per heavy atom. The number of aryl methyl sites for hydroxylation is 1. The summed E-state index contributed by atoms with van der Waals surface area (Å²) in [6.07, 6.45) is 2.27. The lowest BCUT2D eigenvalue weighted by molar-refractivity contribution is 0.196. The maximum absolute atomic E-state index is 11.6. The van der Waals surface area contributed by atoms with Crippen LogP contribution in [0.5, 0.6) is 0 Å². The molecule has 1 aromatic heterocycles. The molecule has 3 atom stereocenters. The molecule has 5 nitrogen and oxygen atoms in total. The zero-order chi connectivity index (χ0) is 14.4. The van der Waals surface area contributed by atoms with Crippen LogP contribution in [-0.4, -0.2) is 47.6 Å². The number of hydrogen-bond donors (Lipinski definition) is 2. The third kappa shape index (κ3) is 2.64. The largest absolute Gasteiger partial charge is 0.316 e. The first-order valence-corrected chi connectivity index (χ1v) is 8.21. The van der Waals surface area contributed by atoms with Crippen molar-refractivity contribution < 1.29 is 0 Å². The highest BCUT2D eigenvalue weighted by Crippen LogP contribution is 2.49. The summed E-state index contributed by atoms with van der Waals surface area (Å²) in [5.41, 5.74) is 0.974. The molecule has 0 radical (unpaired) electrons. The van der Waals surface area contributed by atoms with Crippen molar-refractivity contribution in [3.8, 4) is 0 Å². The minimum absolute atomic E-state index is 0.0155. The molecule has 1 unspecified atom stereocenters. The maximum atomic E-state index is 11.6. The molecule has 0 aromatic carbocycles.